The molecule has 4 rings (SSSR count). The van der Waals surface area contributed by atoms with E-state index < -0.39 is 5.91 Å². The van der Waals surface area contributed by atoms with Gasteiger partial charge in [-0.3, -0.25) is 4.79 Å². The molecule has 162 valence electrons. The number of halogens is 1. The highest BCUT2D eigenvalue weighted by molar-refractivity contribution is 6.31. The van der Waals surface area contributed by atoms with Crippen LogP contribution in [0.3, 0.4) is 0 Å². The first-order valence-electron chi connectivity index (χ1n) is 9.71. The third-order valence-corrected chi connectivity index (χ3v) is 4.95. The number of hydrogen-bond acceptors (Lipinski definition) is 6. The summed E-state index contributed by atoms with van der Waals surface area (Å²) in [5.41, 5.74) is 2.34. The molecule has 0 atom stereocenters. The predicted molar refractivity (Wildman–Crippen MR) is 123 cm³/mol. The summed E-state index contributed by atoms with van der Waals surface area (Å²) in [7, 11) is 3.10. The standard InChI is InChI=1S/C24H20ClN3O4/c1-14-4-9-22(26-13-14)28-23(29)18-11-15-10-16(25)5-8-20(15)32-24(18)27-19-7-6-17(30-2)12-21(19)31-3/h4-13H,1-3H3,(H,26,28,29). The van der Waals surface area contributed by atoms with Crippen LogP contribution in [0.2, 0.25) is 5.02 Å². The molecule has 0 aliphatic rings. The highest BCUT2D eigenvalue weighted by atomic mass is 35.5. The van der Waals surface area contributed by atoms with Gasteiger partial charge < -0.3 is 19.2 Å². The molecular formula is C24H20ClN3O4. The third-order valence-electron chi connectivity index (χ3n) is 4.72. The van der Waals surface area contributed by atoms with Crippen molar-refractivity contribution in [1.29, 1.82) is 0 Å². The monoisotopic (exact) mass is 449 g/mol. The molecule has 2 heterocycles. The summed E-state index contributed by atoms with van der Waals surface area (Å²) in [6, 6.07) is 15.6. The van der Waals surface area contributed by atoms with E-state index in [1.165, 1.54) is 7.11 Å². The van der Waals surface area contributed by atoms with Crippen LogP contribution in [0.4, 0.5) is 11.5 Å². The summed E-state index contributed by atoms with van der Waals surface area (Å²) in [6.07, 6.45) is 1.67. The maximum Gasteiger partial charge on any atom is 0.262 e. The number of anilines is 1. The van der Waals surface area contributed by atoms with Gasteiger partial charge in [0.15, 0.2) is 0 Å². The summed E-state index contributed by atoms with van der Waals surface area (Å²) in [6.45, 7) is 1.92. The molecule has 1 amide bonds. The first-order valence-corrected chi connectivity index (χ1v) is 10.1. The lowest BCUT2D eigenvalue weighted by molar-refractivity contribution is 0.102. The smallest absolute Gasteiger partial charge is 0.262 e. The Morgan fingerprint density at radius 1 is 1.06 bits per heavy atom. The van der Waals surface area contributed by atoms with Gasteiger partial charge in [0.1, 0.15) is 34.2 Å². The SMILES string of the molecule is COc1ccc(N=c2oc3ccc(Cl)cc3cc2C(=O)Nc2ccc(C)cn2)c(OC)c1. The van der Waals surface area contributed by atoms with Crippen LogP contribution in [0, 0.1) is 6.92 Å². The summed E-state index contributed by atoms with van der Waals surface area (Å²) in [4.78, 5) is 21.9. The molecule has 32 heavy (non-hydrogen) atoms. The second kappa shape index (κ2) is 9.11. The first kappa shape index (κ1) is 21.4. The van der Waals surface area contributed by atoms with E-state index in [1.54, 1.807) is 61.8 Å². The summed E-state index contributed by atoms with van der Waals surface area (Å²) in [5, 5.41) is 3.98. The molecule has 2 aromatic carbocycles. The van der Waals surface area contributed by atoms with Crippen molar-refractivity contribution < 1.29 is 18.7 Å². The molecule has 0 fully saturated rings. The van der Waals surface area contributed by atoms with Crippen LogP contribution in [-0.4, -0.2) is 25.1 Å². The zero-order chi connectivity index (χ0) is 22.7. The van der Waals surface area contributed by atoms with Gasteiger partial charge in [-0.05, 0) is 55.0 Å². The van der Waals surface area contributed by atoms with Gasteiger partial charge in [0, 0.05) is 22.7 Å². The van der Waals surface area contributed by atoms with E-state index in [4.69, 9.17) is 25.5 Å². The van der Waals surface area contributed by atoms with Crippen LogP contribution in [0.25, 0.3) is 11.0 Å². The molecule has 0 bridgehead atoms. The quantitative estimate of drug-likeness (QED) is 0.447. The van der Waals surface area contributed by atoms with Gasteiger partial charge >= 0.3 is 0 Å². The van der Waals surface area contributed by atoms with E-state index in [-0.39, 0.29) is 11.1 Å². The molecule has 0 radical (unpaired) electrons. The van der Waals surface area contributed by atoms with Gasteiger partial charge in [0.25, 0.3) is 5.91 Å². The number of rotatable bonds is 5. The second-order valence-corrected chi connectivity index (χ2v) is 7.41. The summed E-state index contributed by atoms with van der Waals surface area (Å²) >= 11 is 6.13. The van der Waals surface area contributed by atoms with Crippen molar-refractivity contribution in [3.05, 3.63) is 82.5 Å². The third kappa shape index (κ3) is 4.58. The van der Waals surface area contributed by atoms with Crippen LogP contribution in [0.15, 0.2) is 70.2 Å². The molecule has 8 heteroatoms. The van der Waals surface area contributed by atoms with E-state index in [9.17, 15) is 4.79 Å². The van der Waals surface area contributed by atoms with Gasteiger partial charge in [0.2, 0.25) is 5.55 Å². The lowest BCUT2D eigenvalue weighted by Crippen LogP contribution is -2.22. The van der Waals surface area contributed by atoms with Crippen LogP contribution < -0.4 is 20.3 Å². The van der Waals surface area contributed by atoms with Crippen molar-refractivity contribution in [3.8, 4) is 11.5 Å². The predicted octanol–water partition coefficient (Wildman–Crippen LogP) is 5.29. The largest absolute Gasteiger partial charge is 0.497 e. The molecule has 0 spiro atoms. The lowest BCUT2D eigenvalue weighted by atomic mass is 10.1. The molecular weight excluding hydrogens is 430 g/mol. The molecule has 2 aromatic heterocycles. The Bertz CT molecular complexity index is 1360. The van der Waals surface area contributed by atoms with Crippen molar-refractivity contribution in [2.45, 2.75) is 6.92 Å². The fraction of sp³-hybridized carbons (Fsp3) is 0.125. The number of hydrogen-bond donors (Lipinski definition) is 1. The molecule has 0 saturated heterocycles. The topological polar surface area (TPSA) is 86.0 Å². The number of ether oxygens (including phenoxy) is 2. The molecule has 4 aromatic rings. The average Bonchev–Trinajstić information content (AvgIpc) is 2.80. The highest BCUT2D eigenvalue weighted by Gasteiger charge is 2.15. The lowest BCUT2D eigenvalue weighted by Gasteiger charge is -2.09. The molecule has 0 unspecified atom stereocenters. The normalized spacial score (nSPS) is 11.4. The Labute approximate surface area is 189 Å². The summed E-state index contributed by atoms with van der Waals surface area (Å²) < 4.78 is 16.7. The number of carbonyl (C=O) groups excluding carboxylic acids is 1. The van der Waals surface area contributed by atoms with Crippen LogP contribution in [-0.2, 0) is 0 Å². The van der Waals surface area contributed by atoms with Crippen LogP contribution in [0.5, 0.6) is 11.5 Å². The number of aromatic nitrogens is 1. The average molecular weight is 450 g/mol. The Balaban J connectivity index is 1.87. The number of nitrogens with one attached hydrogen (secondary N) is 1. The van der Waals surface area contributed by atoms with E-state index in [2.05, 4.69) is 15.3 Å². The number of pyridine rings is 1. The molecule has 0 aliphatic carbocycles. The Kier molecular flexibility index (Phi) is 6.09. The Morgan fingerprint density at radius 3 is 2.62 bits per heavy atom. The van der Waals surface area contributed by atoms with Crippen LogP contribution in [0.1, 0.15) is 15.9 Å². The van der Waals surface area contributed by atoms with E-state index in [0.29, 0.717) is 39.0 Å². The fourth-order valence-electron chi connectivity index (χ4n) is 3.06. The van der Waals surface area contributed by atoms with Crippen molar-refractivity contribution in [1.82, 2.24) is 4.98 Å². The number of benzene rings is 2. The van der Waals surface area contributed by atoms with Gasteiger partial charge in [-0.25, -0.2) is 9.98 Å². The van der Waals surface area contributed by atoms with Gasteiger partial charge in [-0.15, -0.1) is 0 Å². The number of aryl methyl sites for hydroxylation is 1. The minimum atomic E-state index is -0.418. The Hall–Kier alpha value is -3.84. The van der Waals surface area contributed by atoms with Crippen LogP contribution >= 0.6 is 11.6 Å². The minimum Gasteiger partial charge on any atom is -0.497 e. The zero-order valence-electron chi connectivity index (χ0n) is 17.7. The van der Waals surface area contributed by atoms with Gasteiger partial charge in [0.05, 0.1) is 14.2 Å². The fourth-order valence-corrected chi connectivity index (χ4v) is 3.24. The van der Waals surface area contributed by atoms with Crippen molar-refractivity contribution in [2.24, 2.45) is 4.99 Å². The van der Waals surface area contributed by atoms with E-state index >= 15 is 0 Å². The minimum absolute atomic E-state index is 0.118. The molecule has 0 saturated carbocycles. The van der Waals surface area contributed by atoms with E-state index in [1.807, 2.05) is 13.0 Å². The number of carbonyl (C=O) groups is 1. The number of fused-ring (bicyclic) bond motifs is 1. The van der Waals surface area contributed by atoms with E-state index in [0.717, 1.165) is 5.56 Å². The molecule has 1 N–H and O–H groups in total. The number of methoxy groups -OCH3 is 2. The van der Waals surface area contributed by atoms with Gasteiger partial charge in [-0.1, -0.05) is 17.7 Å². The van der Waals surface area contributed by atoms with Gasteiger partial charge in [-0.2, -0.15) is 0 Å². The van der Waals surface area contributed by atoms with Crippen molar-refractivity contribution in [3.63, 3.8) is 0 Å². The highest BCUT2D eigenvalue weighted by Crippen LogP contribution is 2.31. The van der Waals surface area contributed by atoms with Crippen molar-refractivity contribution in [2.75, 3.05) is 19.5 Å². The number of amides is 1. The van der Waals surface area contributed by atoms with Crippen molar-refractivity contribution >= 4 is 40.0 Å². The Morgan fingerprint density at radius 2 is 1.91 bits per heavy atom. The first-order chi connectivity index (χ1) is 15.5. The molecule has 0 aliphatic heterocycles. The molecule has 7 nitrogen and oxygen atoms in total. The maximum absolute atomic E-state index is 13.1. The second-order valence-electron chi connectivity index (χ2n) is 6.97. The maximum atomic E-state index is 13.1. The number of nitrogens with zero attached hydrogens (tertiary/aromatic N) is 2. The summed E-state index contributed by atoms with van der Waals surface area (Å²) in [5.74, 6) is 1.09. The zero-order valence-corrected chi connectivity index (χ0v) is 18.4.